The molecule has 0 atom stereocenters. The minimum atomic E-state index is -0.311. The fourth-order valence-electron chi connectivity index (χ4n) is 2.77. The number of benzene rings is 1. The average Bonchev–Trinajstić information content (AvgIpc) is 2.65. The van der Waals surface area contributed by atoms with Crippen molar-refractivity contribution in [1.29, 1.82) is 0 Å². The van der Waals surface area contributed by atoms with Crippen LogP contribution in [-0.4, -0.2) is 53.4 Å². The summed E-state index contributed by atoms with van der Waals surface area (Å²) in [4.78, 5) is 36.0. The smallest absolute Gasteiger partial charge is 0.274 e. The van der Waals surface area contributed by atoms with Gasteiger partial charge in [0, 0.05) is 42.6 Å². The quantitative estimate of drug-likeness (QED) is 0.832. The number of anilines is 2. The molecule has 0 aliphatic carbocycles. The van der Waals surface area contributed by atoms with E-state index in [0.29, 0.717) is 54.2 Å². The van der Waals surface area contributed by atoms with Crippen molar-refractivity contribution in [3.8, 4) is 0 Å². The predicted octanol–water partition coefficient (Wildman–Crippen LogP) is 2.28. The van der Waals surface area contributed by atoms with E-state index in [1.54, 1.807) is 29.2 Å². The fraction of sp³-hybridized carbons (Fsp3) is 0.333. The lowest BCUT2D eigenvalue weighted by Crippen LogP contribution is -2.46. The zero-order valence-corrected chi connectivity index (χ0v) is 15.5. The van der Waals surface area contributed by atoms with Crippen LogP contribution in [0.4, 0.5) is 11.6 Å². The van der Waals surface area contributed by atoms with Gasteiger partial charge in [-0.25, -0.2) is 9.97 Å². The van der Waals surface area contributed by atoms with E-state index in [1.165, 1.54) is 0 Å². The first-order valence-corrected chi connectivity index (χ1v) is 8.72. The van der Waals surface area contributed by atoms with Gasteiger partial charge in [0.25, 0.3) is 5.91 Å². The molecule has 1 aromatic heterocycles. The minimum Gasteiger partial charge on any atom is -0.342 e. The Morgan fingerprint density at radius 1 is 1.19 bits per heavy atom. The maximum absolute atomic E-state index is 12.6. The summed E-state index contributed by atoms with van der Waals surface area (Å²) >= 11 is 6.11. The molecule has 136 valence electrons. The highest BCUT2D eigenvalue weighted by molar-refractivity contribution is 6.31. The van der Waals surface area contributed by atoms with Crippen LogP contribution in [0.1, 0.15) is 21.7 Å². The lowest BCUT2D eigenvalue weighted by molar-refractivity contribution is -0.118. The summed E-state index contributed by atoms with van der Waals surface area (Å²) < 4.78 is 0. The molecule has 1 fully saturated rings. The third-order valence-corrected chi connectivity index (χ3v) is 4.75. The van der Waals surface area contributed by atoms with Crippen LogP contribution in [-0.2, 0) is 4.79 Å². The van der Waals surface area contributed by atoms with Crippen molar-refractivity contribution in [2.45, 2.75) is 13.8 Å². The minimum absolute atomic E-state index is 0.296. The highest BCUT2D eigenvalue weighted by atomic mass is 35.5. The summed E-state index contributed by atoms with van der Waals surface area (Å²) in [6.07, 6.45) is 0.848. The van der Waals surface area contributed by atoms with Crippen LogP contribution >= 0.6 is 11.6 Å². The Balaban J connectivity index is 1.80. The van der Waals surface area contributed by atoms with Gasteiger partial charge in [0.2, 0.25) is 12.4 Å². The number of piperazine rings is 1. The number of aromatic nitrogens is 2. The van der Waals surface area contributed by atoms with Crippen LogP contribution in [0.2, 0.25) is 5.02 Å². The summed E-state index contributed by atoms with van der Waals surface area (Å²) in [6, 6.07) is 7.01. The molecule has 1 aliphatic rings. The van der Waals surface area contributed by atoms with Crippen LogP contribution in [0.3, 0.4) is 0 Å². The van der Waals surface area contributed by atoms with Gasteiger partial charge in [0.05, 0.1) is 0 Å². The van der Waals surface area contributed by atoms with Crippen molar-refractivity contribution < 1.29 is 9.59 Å². The van der Waals surface area contributed by atoms with Crippen molar-refractivity contribution in [2.75, 3.05) is 36.4 Å². The molecule has 3 rings (SSSR count). The number of hydrogen-bond donors (Lipinski definition) is 1. The molecular formula is C18H20ClN5O2. The number of nitrogens with one attached hydrogen (secondary N) is 1. The predicted molar refractivity (Wildman–Crippen MR) is 101 cm³/mol. The molecule has 0 unspecified atom stereocenters. The van der Waals surface area contributed by atoms with Gasteiger partial charge in [0.1, 0.15) is 5.69 Å². The first-order chi connectivity index (χ1) is 12.5. The largest absolute Gasteiger partial charge is 0.342 e. The van der Waals surface area contributed by atoms with E-state index in [9.17, 15) is 9.59 Å². The molecule has 2 heterocycles. The van der Waals surface area contributed by atoms with Crippen LogP contribution in [0, 0.1) is 13.8 Å². The summed E-state index contributed by atoms with van der Waals surface area (Å²) in [5.41, 5.74) is 2.46. The number of nitrogens with zero attached hydrogens (tertiary/aromatic N) is 4. The molecule has 7 nitrogen and oxygen atoms in total. The standard InChI is InChI=1S/C18H20ClN5O2/c1-12-10-16(17(26)21-15-5-3-4-14(19)13(15)2)22-18(20-12)24-8-6-23(11-25)7-9-24/h3-5,10-11H,6-9H2,1-2H3,(H,21,26). The number of amides is 2. The van der Waals surface area contributed by atoms with Gasteiger partial charge in [-0.2, -0.15) is 0 Å². The molecule has 1 aromatic carbocycles. The monoisotopic (exact) mass is 373 g/mol. The molecule has 0 radical (unpaired) electrons. The Labute approximate surface area is 157 Å². The normalized spacial score (nSPS) is 14.3. The van der Waals surface area contributed by atoms with Gasteiger partial charge >= 0.3 is 0 Å². The Hall–Kier alpha value is -2.67. The Kier molecular flexibility index (Phi) is 5.37. The molecule has 2 amide bonds. The van der Waals surface area contributed by atoms with Crippen molar-refractivity contribution in [1.82, 2.24) is 14.9 Å². The molecule has 0 spiro atoms. The van der Waals surface area contributed by atoms with Gasteiger partial charge in [-0.05, 0) is 37.6 Å². The average molecular weight is 374 g/mol. The van der Waals surface area contributed by atoms with E-state index in [2.05, 4.69) is 15.3 Å². The van der Waals surface area contributed by atoms with Gasteiger partial charge in [-0.3, -0.25) is 9.59 Å². The Morgan fingerprint density at radius 3 is 2.62 bits per heavy atom. The van der Waals surface area contributed by atoms with Gasteiger partial charge < -0.3 is 15.1 Å². The Bertz CT molecular complexity index is 834. The van der Waals surface area contributed by atoms with E-state index in [0.717, 1.165) is 12.0 Å². The van der Waals surface area contributed by atoms with Crippen LogP contribution in [0.15, 0.2) is 24.3 Å². The third-order valence-electron chi connectivity index (χ3n) is 4.34. The lowest BCUT2D eigenvalue weighted by atomic mass is 10.2. The molecular weight excluding hydrogens is 354 g/mol. The summed E-state index contributed by atoms with van der Waals surface area (Å²) in [5, 5.41) is 3.45. The highest BCUT2D eigenvalue weighted by Gasteiger charge is 2.20. The van der Waals surface area contributed by atoms with Gasteiger partial charge in [-0.1, -0.05) is 17.7 Å². The summed E-state index contributed by atoms with van der Waals surface area (Å²) in [7, 11) is 0. The topological polar surface area (TPSA) is 78.4 Å². The number of aryl methyl sites for hydroxylation is 1. The van der Waals surface area contributed by atoms with Crippen LogP contribution < -0.4 is 10.2 Å². The number of carbonyl (C=O) groups excluding carboxylic acids is 2. The van der Waals surface area contributed by atoms with Gasteiger partial charge in [-0.15, -0.1) is 0 Å². The van der Waals surface area contributed by atoms with E-state index in [4.69, 9.17) is 11.6 Å². The second kappa shape index (κ2) is 7.70. The number of hydrogen-bond acceptors (Lipinski definition) is 5. The van der Waals surface area contributed by atoms with E-state index < -0.39 is 0 Å². The third kappa shape index (κ3) is 3.94. The van der Waals surface area contributed by atoms with Crippen LogP contribution in [0.5, 0.6) is 0 Å². The van der Waals surface area contributed by atoms with Gasteiger partial charge in [0.15, 0.2) is 0 Å². The molecule has 1 aliphatic heterocycles. The maximum Gasteiger partial charge on any atom is 0.274 e. The number of carbonyl (C=O) groups is 2. The zero-order valence-electron chi connectivity index (χ0n) is 14.7. The SMILES string of the molecule is Cc1cc(C(=O)Nc2cccc(Cl)c2C)nc(N2CCN(C=O)CC2)n1. The maximum atomic E-state index is 12.6. The molecule has 2 aromatic rings. The van der Waals surface area contributed by atoms with Crippen molar-refractivity contribution in [3.63, 3.8) is 0 Å². The number of halogens is 1. The summed E-state index contributed by atoms with van der Waals surface area (Å²) in [5.74, 6) is 0.192. The van der Waals surface area contributed by atoms with Crippen LogP contribution in [0.25, 0.3) is 0 Å². The highest BCUT2D eigenvalue weighted by Crippen LogP contribution is 2.23. The molecule has 8 heteroatoms. The lowest BCUT2D eigenvalue weighted by Gasteiger charge is -2.32. The zero-order chi connectivity index (χ0) is 18.7. The second-order valence-electron chi connectivity index (χ2n) is 6.19. The second-order valence-corrected chi connectivity index (χ2v) is 6.60. The van der Waals surface area contributed by atoms with Crippen molar-refractivity contribution in [3.05, 3.63) is 46.2 Å². The van der Waals surface area contributed by atoms with E-state index in [-0.39, 0.29) is 5.91 Å². The van der Waals surface area contributed by atoms with Crippen molar-refractivity contribution in [2.24, 2.45) is 0 Å². The van der Waals surface area contributed by atoms with Crippen molar-refractivity contribution >= 4 is 35.6 Å². The molecule has 1 saturated heterocycles. The number of rotatable bonds is 4. The molecule has 1 N–H and O–H groups in total. The van der Waals surface area contributed by atoms with E-state index in [1.807, 2.05) is 18.7 Å². The molecule has 0 saturated carbocycles. The fourth-order valence-corrected chi connectivity index (χ4v) is 2.94. The molecule has 0 bridgehead atoms. The first kappa shape index (κ1) is 18.1. The summed E-state index contributed by atoms with van der Waals surface area (Å²) in [6.45, 7) is 6.18. The Morgan fingerprint density at radius 2 is 1.92 bits per heavy atom. The van der Waals surface area contributed by atoms with E-state index >= 15 is 0 Å². The molecule has 26 heavy (non-hydrogen) atoms. The first-order valence-electron chi connectivity index (χ1n) is 8.34.